The largest absolute Gasteiger partial charge is 0.497 e. The lowest BCUT2D eigenvalue weighted by molar-refractivity contribution is 0.0803. The first-order chi connectivity index (χ1) is 12.9. The fraction of sp³-hybridized carbons (Fsp3) is 0.611. The van der Waals surface area contributed by atoms with E-state index in [4.69, 9.17) is 9.57 Å². The zero-order chi connectivity index (χ0) is 19.0. The van der Waals surface area contributed by atoms with Crippen molar-refractivity contribution in [3.8, 4) is 5.75 Å². The Kier molecular flexibility index (Phi) is 5.00. The molecule has 3 heterocycles. The number of hydrogen-bond acceptors (Lipinski definition) is 7. The van der Waals surface area contributed by atoms with Crippen molar-refractivity contribution in [1.82, 2.24) is 14.1 Å². The summed E-state index contributed by atoms with van der Waals surface area (Å²) in [4.78, 5) is 10.2. The van der Waals surface area contributed by atoms with Crippen LogP contribution in [0.4, 0.5) is 0 Å². The van der Waals surface area contributed by atoms with Gasteiger partial charge in [-0.25, -0.2) is 8.42 Å². The van der Waals surface area contributed by atoms with Gasteiger partial charge in [0.15, 0.2) is 11.9 Å². The predicted octanol–water partition coefficient (Wildman–Crippen LogP) is 0.417. The molecule has 0 aromatic heterocycles. The van der Waals surface area contributed by atoms with Crippen LogP contribution >= 0.6 is 0 Å². The van der Waals surface area contributed by atoms with Crippen molar-refractivity contribution in [2.24, 2.45) is 11.1 Å². The molecular weight excluding hydrogens is 368 g/mol. The average Bonchev–Trinajstić information content (AvgIpc) is 3.24. The van der Waals surface area contributed by atoms with Crippen LogP contribution in [0.1, 0.15) is 5.56 Å². The number of nitrogens with zero attached hydrogens (tertiary/aromatic N) is 4. The number of benzene rings is 1. The van der Waals surface area contributed by atoms with E-state index >= 15 is 0 Å². The van der Waals surface area contributed by atoms with Gasteiger partial charge in [-0.05, 0) is 17.7 Å². The number of oxime groups is 1. The molecule has 3 aliphatic rings. The van der Waals surface area contributed by atoms with Crippen molar-refractivity contribution in [2.45, 2.75) is 12.6 Å². The van der Waals surface area contributed by atoms with E-state index in [1.807, 2.05) is 12.1 Å². The molecular formula is C18H26N4O4S. The third kappa shape index (κ3) is 3.90. The highest BCUT2D eigenvalue weighted by atomic mass is 32.2. The normalized spacial score (nSPS) is 26.6. The van der Waals surface area contributed by atoms with Gasteiger partial charge in [-0.15, -0.1) is 0 Å². The molecule has 27 heavy (non-hydrogen) atoms. The maximum Gasteiger partial charge on any atom is 0.211 e. The molecule has 0 radical (unpaired) electrons. The molecule has 0 aliphatic carbocycles. The number of sulfonamides is 1. The fourth-order valence-electron chi connectivity index (χ4n) is 3.97. The van der Waals surface area contributed by atoms with Crippen molar-refractivity contribution in [3.63, 3.8) is 0 Å². The molecule has 0 unspecified atom stereocenters. The van der Waals surface area contributed by atoms with Gasteiger partial charge in [-0.2, -0.15) is 4.31 Å². The molecule has 3 aliphatic heterocycles. The van der Waals surface area contributed by atoms with Crippen LogP contribution in [0.25, 0.3) is 0 Å². The Labute approximate surface area is 160 Å². The Morgan fingerprint density at radius 2 is 1.85 bits per heavy atom. The lowest BCUT2D eigenvalue weighted by atomic mass is 10.0. The van der Waals surface area contributed by atoms with E-state index in [2.05, 4.69) is 27.1 Å². The molecule has 8 nitrogen and oxygen atoms in total. The Morgan fingerprint density at radius 3 is 2.48 bits per heavy atom. The topological polar surface area (TPSA) is 74.7 Å². The quantitative estimate of drug-likeness (QED) is 0.737. The number of piperazine rings is 1. The highest BCUT2D eigenvalue weighted by Crippen LogP contribution is 2.30. The minimum Gasteiger partial charge on any atom is -0.497 e. The number of fused-ring (bicyclic) bond motifs is 1. The smallest absolute Gasteiger partial charge is 0.211 e. The van der Waals surface area contributed by atoms with Gasteiger partial charge in [0.2, 0.25) is 10.0 Å². The summed E-state index contributed by atoms with van der Waals surface area (Å²) in [6.07, 6.45) is 1.11. The second-order valence-corrected chi connectivity index (χ2v) is 9.37. The van der Waals surface area contributed by atoms with Gasteiger partial charge in [0.1, 0.15) is 5.75 Å². The molecule has 0 bridgehead atoms. The summed E-state index contributed by atoms with van der Waals surface area (Å²) < 4.78 is 30.3. The standard InChI is InChI=1S/C18H26N4O4S/c1-25-15-5-3-14(4-6-15)11-20-7-9-21(10-8-20)18-16-12-22(27(2,23)24)13-17(16)26-19-18/h3-6,16-17H,7-13H2,1-2H3/t16-,17-/m0/s1. The molecule has 4 rings (SSSR count). The van der Waals surface area contributed by atoms with Gasteiger partial charge in [0.05, 0.1) is 25.8 Å². The second kappa shape index (κ2) is 7.29. The number of methoxy groups -OCH3 is 1. The Balaban J connectivity index is 1.32. The van der Waals surface area contributed by atoms with Crippen LogP contribution in [0.2, 0.25) is 0 Å². The average molecular weight is 394 g/mol. The third-order valence-electron chi connectivity index (χ3n) is 5.58. The number of rotatable bonds is 4. The van der Waals surface area contributed by atoms with Gasteiger partial charge in [-0.3, -0.25) is 4.90 Å². The molecule has 2 atom stereocenters. The predicted molar refractivity (Wildman–Crippen MR) is 102 cm³/mol. The molecule has 9 heteroatoms. The van der Waals surface area contributed by atoms with Crippen molar-refractivity contribution in [1.29, 1.82) is 0 Å². The van der Waals surface area contributed by atoms with Crippen LogP contribution in [0.5, 0.6) is 5.75 Å². The van der Waals surface area contributed by atoms with Crippen LogP contribution < -0.4 is 4.74 Å². The number of amidine groups is 1. The molecule has 0 saturated carbocycles. The summed E-state index contributed by atoms with van der Waals surface area (Å²) in [5.74, 6) is 1.83. The van der Waals surface area contributed by atoms with Gasteiger partial charge < -0.3 is 14.5 Å². The monoisotopic (exact) mass is 394 g/mol. The zero-order valence-electron chi connectivity index (χ0n) is 15.7. The minimum atomic E-state index is -3.18. The lowest BCUT2D eigenvalue weighted by Crippen LogP contribution is -2.50. The van der Waals surface area contributed by atoms with Crippen molar-refractivity contribution >= 4 is 15.9 Å². The maximum atomic E-state index is 11.8. The first-order valence-electron chi connectivity index (χ1n) is 9.23. The van der Waals surface area contributed by atoms with Gasteiger partial charge in [0, 0.05) is 39.3 Å². The van der Waals surface area contributed by atoms with E-state index in [9.17, 15) is 8.42 Å². The molecule has 2 fully saturated rings. The molecule has 0 spiro atoms. The number of hydrogen-bond donors (Lipinski definition) is 0. The van der Waals surface area contributed by atoms with Crippen molar-refractivity contribution in [2.75, 3.05) is 52.6 Å². The summed E-state index contributed by atoms with van der Waals surface area (Å²) in [6.45, 7) is 5.41. The van der Waals surface area contributed by atoms with Crippen molar-refractivity contribution in [3.05, 3.63) is 29.8 Å². The Bertz CT molecular complexity index is 803. The summed E-state index contributed by atoms with van der Waals surface area (Å²) in [5.41, 5.74) is 1.27. The molecule has 0 amide bonds. The molecule has 2 saturated heterocycles. The summed E-state index contributed by atoms with van der Waals surface area (Å²) in [7, 11) is -1.51. The summed E-state index contributed by atoms with van der Waals surface area (Å²) >= 11 is 0. The van der Waals surface area contributed by atoms with E-state index in [-0.39, 0.29) is 12.0 Å². The SMILES string of the molecule is COc1ccc(CN2CCN(C3=NO[C@H]4CN(S(C)(=O)=O)C[C@H]34)CC2)cc1. The highest BCUT2D eigenvalue weighted by Gasteiger charge is 2.47. The summed E-state index contributed by atoms with van der Waals surface area (Å²) in [6, 6.07) is 8.18. The van der Waals surface area contributed by atoms with Gasteiger partial charge in [0.25, 0.3) is 0 Å². The van der Waals surface area contributed by atoms with Crippen LogP contribution in [0, 0.1) is 5.92 Å². The minimum absolute atomic E-state index is 0.0489. The van der Waals surface area contributed by atoms with E-state index in [1.165, 1.54) is 16.1 Å². The van der Waals surface area contributed by atoms with Crippen LogP contribution in [-0.2, 0) is 21.4 Å². The fourth-order valence-corrected chi connectivity index (χ4v) is 4.82. The van der Waals surface area contributed by atoms with Gasteiger partial charge >= 0.3 is 0 Å². The zero-order valence-corrected chi connectivity index (χ0v) is 16.6. The van der Waals surface area contributed by atoms with Crippen LogP contribution in [0.15, 0.2) is 29.4 Å². The van der Waals surface area contributed by atoms with Gasteiger partial charge in [-0.1, -0.05) is 17.3 Å². The first kappa shape index (κ1) is 18.5. The van der Waals surface area contributed by atoms with Crippen molar-refractivity contribution < 1.29 is 18.0 Å². The molecule has 1 aromatic carbocycles. The van der Waals surface area contributed by atoms with E-state index in [1.54, 1.807) is 7.11 Å². The van der Waals surface area contributed by atoms with Crippen LogP contribution in [-0.4, -0.2) is 87.1 Å². The molecule has 1 aromatic rings. The Morgan fingerprint density at radius 1 is 1.15 bits per heavy atom. The Hall–Kier alpha value is -1.84. The summed E-state index contributed by atoms with van der Waals surface area (Å²) in [5, 5.41) is 4.28. The van der Waals surface area contributed by atoms with E-state index in [0.29, 0.717) is 13.1 Å². The molecule has 0 N–H and O–H groups in total. The van der Waals surface area contributed by atoms with E-state index in [0.717, 1.165) is 44.3 Å². The number of ether oxygens (including phenoxy) is 1. The first-order valence-corrected chi connectivity index (χ1v) is 11.1. The maximum absolute atomic E-state index is 11.8. The second-order valence-electron chi connectivity index (χ2n) is 7.39. The van der Waals surface area contributed by atoms with Crippen LogP contribution in [0.3, 0.4) is 0 Å². The highest BCUT2D eigenvalue weighted by molar-refractivity contribution is 7.88. The third-order valence-corrected chi connectivity index (χ3v) is 6.81. The lowest BCUT2D eigenvalue weighted by Gasteiger charge is -2.36. The van der Waals surface area contributed by atoms with E-state index < -0.39 is 10.0 Å². The molecule has 148 valence electrons.